The Morgan fingerprint density at radius 3 is 2.92 bits per heavy atom. The summed E-state index contributed by atoms with van der Waals surface area (Å²) in [5, 5.41) is 4.29. The molecule has 0 atom stereocenters. The zero-order valence-corrected chi connectivity index (χ0v) is 7.73. The number of nitrogens with zero attached hydrogens (tertiary/aromatic N) is 4. The molecule has 0 spiro atoms. The lowest BCUT2D eigenvalue weighted by Crippen LogP contribution is -1.86. The van der Waals surface area contributed by atoms with Crippen LogP contribution in [0, 0.1) is 0 Å². The lowest BCUT2D eigenvalue weighted by atomic mass is 10.2. The average Bonchev–Trinajstić information content (AvgIpc) is 2.52. The van der Waals surface area contributed by atoms with Crippen LogP contribution in [0.3, 0.4) is 0 Å². The van der Waals surface area contributed by atoms with Crippen LogP contribution >= 0.6 is 11.6 Å². The fourth-order valence-corrected chi connectivity index (χ4v) is 1.20. The molecule has 2 aromatic rings. The molecule has 0 aliphatic heterocycles. The highest BCUT2D eigenvalue weighted by Gasteiger charge is 2.01. The van der Waals surface area contributed by atoms with Gasteiger partial charge in [0, 0.05) is 25.0 Å². The average molecular weight is 195 g/mol. The van der Waals surface area contributed by atoms with Gasteiger partial charge in [-0.3, -0.25) is 4.68 Å². The first-order valence-corrected chi connectivity index (χ1v) is 4.11. The first-order chi connectivity index (χ1) is 6.25. The predicted molar refractivity (Wildman–Crippen MR) is 49.2 cm³/mol. The summed E-state index contributed by atoms with van der Waals surface area (Å²) in [4.78, 5) is 7.86. The van der Waals surface area contributed by atoms with Crippen LogP contribution in [-0.4, -0.2) is 19.7 Å². The molecule has 0 bridgehead atoms. The smallest absolute Gasteiger partial charge is 0.222 e. The Kier molecular flexibility index (Phi) is 1.98. The lowest BCUT2D eigenvalue weighted by molar-refractivity contribution is 0.768. The fraction of sp³-hybridized carbons (Fsp3) is 0.125. The van der Waals surface area contributed by atoms with Gasteiger partial charge < -0.3 is 0 Å². The highest BCUT2D eigenvalue weighted by molar-refractivity contribution is 6.28. The van der Waals surface area contributed by atoms with Crippen molar-refractivity contribution in [2.75, 3.05) is 0 Å². The standard InChI is InChI=1S/C8H7ClN4/c1-13-5-6(4-11-13)7-2-3-10-8(9)12-7/h2-5H,1H3. The van der Waals surface area contributed by atoms with Gasteiger partial charge in [-0.25, -0.2) is 9.97 Å². The number of aryl methyl sites for hydroxylation is 1. The van der Waals surface area contributed by atoms with E-state index in [-0.39, 0.29) is 5.28 Å². The van der Waals surface area contributed by atoms with Gasteiger partial charge in [-0.2, -0.15) is 5.10 Å². The van der Waals surface area contributed by atoms with Gasteiger partial charge in [-0.1, -0.05) is 0 Å². The Morgan fingerprint density at radius 2 is 2.31 bits per heavy atom. The van der Waals surface area contributed by atoms with Crippen molar-refractivity contribution in [2.24, 2.45) is 7.05 Å². The van der Waals surface area contributed by atoms with Crippen molar-refractivity contribution in [3.8, 4) is 11.3 Å². The summed E-state index contributed by atoms with van der Waals surface area (Å²) in [6.07, 6.45) is 5.23. The molecule has 0 unspecified atom stereocenters. The largest absolute Gasteiger partial charge is 0.275 e. The van der Waals surface area contributed by atoms with Crippen LogP contribution in [0.15, 0.2) is 24.7 Å². The van der Waals surface area contributed by atoms with Crippen LogP contribution in [0.4, 0.5) is 0 Å². The Bertz CT molecular complexity index is 424. The van der Waals surface area contributed by atoms with Crippen LogP contribution in [0.1, 0.15) is 0 Å². The van der Waals surface area contributed by atoms with E-state index < -0.39 is 0 Å². The van der Waals surface area contributed by atoms with E-state index in [1.54, 1.807) is 23.1 Å². The van der Waals surface area contributed by atoms with Gasteiger partial charge in [0.15, 0.2) is 0 Å². The molecule has 66 valence electrons. The number of hydrogen-bond donors (Lipinski definition) is 0. The molecule has 0 saturated heterocycles. The molecule has 4 nitrogen and oxygen atoms in total. The maximum atomic E-state index is 5.65. The van der Waals surface area contributed by atoms with Gasteiger partial charge in [0.25, 0.3) is 0 Å². The van der Waals surface area contributed by atoms with Crippen molar-refractivity contribution in [3.63, 3.8) is 0 Å². The minimum atomic E-state index is 0.251. The summed E-state index contributed by atoms with van der Waals surface area (Å²) in [5.41, 5.74) is 1.72. The van der Waals surface area contributed by atoms with Crippen LogP contribution in [0.5, 0.6) is 0 Å². The minimum Gasteiger partial charge on any atom is -0.275 e. The van der Waals surface area contributed by atoms with Crippen molar-refractivity contribution in [1.82, 2.24) is 19.7 Å². The highest BCUT2D eigenvalue weighted by atomic mass is 35.5. The van der Waals surface area contributed by atoms with E-state index in [1.165, 1.54) is 0 Å². The van der Waals surface area contributed by atoms with E-state index in [4.69, 9.17) is 11.6 Å². The van der Waals surface area contributed by atoms with Crippen LogP contribution in [0.25, 0.3) is 11.3 Å². The van der Waals surface area contributed by atoms with Crippen molar-refractivity contribution in [3.05, 3.63) is 29.9 Å². The normalized spacial score (nSPS) is 10.3. The SMILES string of the molecule is Cn1cc(-c2ccnc(Cl)n2)cn1. The third kappa shape index (κ3) is 1.67. The molecule has 0 radical (unpaired) electrons. The van der Waals surface area contributed by atoms with E-state index in [0.717, 1.165) is 11.3 Å². The van der Waals surface area contributed by atoms with Crippen molar-refractivity contribution in [1.29, 1.82) is 0 Å². The Morgan fingerprint density at radius 1 is 1.46 bits per heavy atom. The minimum absolute atomic E-state index is 0.251. The molecule has 2 heterocycles. The van der Waals surface area contributed by atoms with Gasteiger partial charge in [0.1, 0.15) is 0 Å². The first kappa shape index (κ1) is 8.19. The summed E-state index contributed by atoms with van der Waals surface area (Å²) in [6, 6.07) is 1.79. The van der Waals surface area contributed by atoms with E-state index in [1.807, 2.05) is 13.2 Å². The zero-order valence-electron chi connectivity index (χ0n) is 6.98. The lowest BCUT2D eigenvalue weighted by Gasteiger charge is -1.94. The molecule has 0 saturated carbocycles. The van der Waals surface area contributed by atoms with Crippen LogP contribution in [0.2, 0.25) is 5.28 Å². The predicted octanol–water partition coefficient (Wildman–Crippen LogP) is 1.53. The van der Waals surface area contributed by atoms with E-state index in [2.05, 4.69) is 15.1 Å². The molecular weight excluding hydrogens is 188 g/mol. The third-order valence-electron chi connectivity index (χ3n) is 1.63. The Labute approximate surface area is 80.2 Å². The fourth-order valence-electron chi connectivity index (χ4n) is 1.05. The van der Waals surface area contributed by atoms with Crippen LogP contribution in [-0.2, 0) is 7.05 Å². The monoisotopic (exact) mass is 194 g/mol. The van der Waals surface area contributed by atoms with Gasteiger partial charge >= 0.3 is 0 Å². The summed E-state index contributed by atoms with van der Waals surface area (Å²) >= 11 is 5.65. The number of rotatable bonds is 1. The van der Waals surface area contributed by atoms with E-state index in [0.29, 0.717) is 0 Å². The van der Waals surface area contributed by atoms with E-state index in [9.17, 15) is 0 Å². The molecule has 0 aromatic carbocycles. The maximum Gasteiger partial charge on any atom is 0.222 e. The summed E-state index contributed by atoms with van der Waals surface area (Å²) in [6.45, 7) is 0. The molecule has 0 aliphatic rings. The molecule has 0 N–H and O–H groups in total. The molecule has 5 heteroatoms. The Hall–Kier alpha value is -1.42. The molecule has 13 heavy (non-hydrogen) atoms. The molecule has 2 rings (SSSR count). The molecular formula is C8H7ClN4. The van der Waals surface area contributed by atoms with Crippen molar-refractivity contribution in [2.45, 2.75) is 0 Å². The van der Waals surface area contributed by atoms with Gasteiger partial charge in [-0.05, 0) is 17.7 Å². The first-order valence-electron chi connectivity index (χ1n) is 3.73. The molecule has 0 fully saturated rings. The number of hydrogen-bond acceptors (Lipinski definition) is 3. The quantitative estimate of drug-likeness (QED) is 0.647. The maximum absolute atomic E-state index is 5.65. The highest BCUT2D eigenvalue weighted by Crippen LogP contribution is 2.15. The topological polar surface area (TPSA) is 43.6 Å². The third-order valence-corrected chi connectivity index (χ3v) is 1.81. The second-order valence-corrected chi connectivity index (χ2v) is 2.95. The second-order valence-electron chi connectivity index (χ2n) is 2.61. The van der Waals surface area contributed by atoms with Crippen molar-refractivity contribution >= 4 is 11.6 Å². The van der Waals surface area contributed by atoms with Crippen LogP contribution < -0.4 is 0 Å². The molecule has 2 aromatic heterocycles. The number of aromatic nitrogens is 4. The molecule has 0 amide bonds. The van der Waals surface area contributed by atoms with Gasteiger partial charge in [0.2, 0.25) is 5.28 Å². The second kappa shape index (κ2) is 3.14. The summed E-state index contributed by atoms with van der Waals surface area (Å²) < 4.78 is 1.71. The summed E-state index contributed by atoms with van der Waals surface area (Å²) in [5.74, 6) is 0. The summed E-state index contributed by atoms with van der Waals surface area (Å²) in [7, 11) is 1.85. The van der Waals surface area contributed by atoms with Crippen molar-refractivity contribution < 1.29 is 0 Å². The van der Waals surface area contributed by atoms with Gasteiger partial charge in [0.05, 0.1) is 11.9 Å². The Balaban J connectivity index is 2.46. The zero-order chi connectivity index (χ0) is 9.26. The number of halogens is 1. The van der Waals surface area contributed by atoms with Gasteiger partial charge in [-0.15, -0.1) is 0 Å². The van der Waals surface area contributed by atoms with E-state index >= 15 is 0 Å². The molecule has 0 aliphatic carbocycles.